The van der Waals surface area contributed by atoms with Crippen LogP contribution < -0.4 is 0 Å². The van der Waals surface area contributed by atoms with Crippen LogP contribution in [0.3, 0.4) is 0 Å². The smallest absolute Gasteiger partial charge is 0.339 e. The lowest BCUT2D eigenvalue weighted by atomic mass is 9.98. The predicted molar refractivity (Wildman–Crippen MR) is 81.3 cm³/mol. The Morgan fingerprint density at radius 2 is 1.48 bits per heavy atom. The van der Waals surface area contributed by atoms with Gasteiger partial charge in [0.05, 0.1) is 24.3 Å². The van der Waals surface area contributed by atoms with Crippen LogP contribution in [0.25, 0.3) is 0 Å². The molecule has 0 bridgehead atoms. The average molecular weight is 292 g/mol. The molecule has 0 radical (unpaired) electrons. The highest BCUT2D eigenvalue weighted by atomic mass is 16.5. The van der Waals surface area contributed by atoms with Crippen molar-refractivity contribution in [2.24, 2.45) is 11.3 Å². The molecule has 116 valence electrons. The maximum atomic E-state index is 12.1. The number of hydrogen-bond donors (Lipinski definition) is 0. The molecule has 4 nitrogen and oxygen atoms in total. The standard InChI is InChI=1S/C17H24O4/c1-12(2)10-20-15(18)13-8-6-7-9-14(13)16(19)21-11-17(3,4)5/h6-9,12H,10-11H2,1-5H3. The van der Waals surface area contributed by atoms with Crippen molar-refractivity contribution in [2.75, 3.05) is 13.2 Å². The Hall–Kier alpha value is -1.84. The van der Waals surface area contributed by atoms with Gasteiger partial charge in [-0.3, -0.25) is 0 Å². The van der Waals surface area contributed by atoms with Crippen LogP contribution >= 0.6 is 0 Å². The lowest BCUT2D eigenvalue weighted by Gasteiger charge is -2.18. The van der Waals surface area contributed by atoms with E-state index in [4.69, 9.17) is 9.47 Å². The van der Waals surface area contributed by atoms with E-state index in [1.54, 1.807) is 24.3 Å². The van der Waals surface area contributed by atoms with Gasteiger partial charge in [0, 0.05) is 0 Å². The second-order valence-electron chi connectivity index (χ2n) is 6.67. The van der Waals surface area contributed by atoms with Crippen LogP contribution in [0.4, 0.5) is 0 Å². The molecule has 0 aromatic heterocycles. The SMILES string of the molecule is CC(C)COC(=O)c1ccccc1C(=O)OCC(C)(C)C. The molecule has 1 aromatic rings. The zero-order valence-corrected chi connectivity index (χ0v) is 13.4. The summed E-state index contributed by atoms with van der Waals surface area (Å²) in [5.74, 6) is -0.747. The normalized spacial score (nSPS) is 11.3. The Labute approximate surface area is 126 Å². The maximum absolute atomic E-state index is 12.1. The molecule has 21 heavy (non-hydrogen) atoms. The van der Waals surface area contributed by atoms with E-state index in [1.165, 1.54) is 0 Å². The number of ether oxygens (including phenoxy) is 2. The molecule has 0 saturated heterocycles. The number of hydrogen-bond acceptors (Lipinski definition) is 4. The minimum absolute atomic E-state index is 0.122. The van der Waals surface area contributed by atoms with E-state index < -0.39 is 11.9 Å². The number of esters is 2. The Morgan fingerprint density at radius 1 is 1.00 bits per heavy atom. The van der Waals surface area contributed by atoms with E-state index in [-0.39, 0.29) is 22.5 Å². The van der Waals surface area contributed by atoms with Crippen molar-refractivity contribution in [3.05, 3.63) is 35.4 Å². The van der Waals surface area contributed by atoms with Gasteiger partial charge in [0.2, 0.25) is 0 Å². The first-order valence-corrected chi connectivity index (χ1v) is 7.14. The molecule has 0 saturated carbocycles. The molecule has 0 aliphatic rings. The van der Waals surface area contributed by atoms with Crippen molar-refractivity contribution in [1.82, 2.24) is 0 Å². The Bertz CT molecular complexity index is 498. The molecular formula is C17H24O4. The lowest BCUT2D eigenvalue weighted by Crippen LogP contribution is -2.20. The molecule has 0 spiro atoms. The summed E-state index contributed by atoms with van der Waals surface area (Å²) in [4.78, 5) is 24.2. The molecule has 0 N–H and O–H groups in total. The van der Waals surface area contributed by atoms with Crippen LogP contribution in [0.2, 0.25) is 0 Å². The van der Waals surface area contributed by atoms with E-state index in [0.717, 1.165) is 0 Å². The van der Waals surface area contributed by atoms with Crippen molar-refractivity contribution in [1.29, 1.82) is 0 Å². The lowest BCUT2D eigenvalue weighted by molar-refractivity contribution is 0.0348. The van der Waals surface area contributed by atoms with Gasteiger partial charge in [-0.05, 0) is 23.5 Å². The van der Waals surface area contributed by atoms with Crippen molar-refractivity contribution < 1.29 is 19.1 Å². The first-order chi connectivity index (χ1) is 9.70. The summed E-state index contributed by atoms with van der Waals surface area (Å²) in [5, 5.41) is 0. The Balaban J connectivity index is 2.83. The topological polar surface area (TPSA) is 52.6 Å². The van der Waals surface area contributed by atoms with Gasteiger partial charge in [0.25, 0.3) is 0 Å². The zero-order valence-electron chi connectivity index (χ0n) is 13.4. The predicted octanol–water partition coefficient (Wildman–Crippen LogP) is 3.70. The van der Waals surface area contributed by atoms with E-state index in [1.807, 2.05) is 34.6 Å². The van der Waals surface area contributed by atoms with Crippen LogP contribution in [0.15, 0.2) is 24.3 Å². The fourth-order valence-corrected chi connectivity index (χ4v) is 1.52. The molecule has 0 heterocycles. The van der Waals surface area contributed by atoms with Crippen LogP contribution in [0, 0.1) is 11.3 Å². The number of benzene rings is 1. The van der Waals surface area contributed by atoms with Gasteiger partial charge >= 0.3 is 11.9 Å². The summed E-state index contributed by atoms with van der Waals surface area (Å²) in [6.07, 6.45) is 0. The number of rotatable bonds is 5. The first kappa shape index (κ1) is 17.2. The number of carbonyl (C=O) groups is 2. The quantitative estimate of drug-likeness (QED) is 0.776. The second-order valence-corrected chi connectivity index (χ2v) is 6.67. The molecular weight excluding hydrogens is 268 g/mol. The van der Waals surface area contributed by atoms with Crippen LogP contribution in [-0.2, 0) is 9.47 Å². The molecule has 0 fully saturated rings. The molecule has 0 atom stereocenters. The fourth-order valence-electron chi connectivity index (χ4n) is 1.52. The monoisotopic (exact) mass is 292 g/mol. The van der Waals surface area contributed by atoms with Crippen molar-refractivity contribution in [2.45, 2.75) is 34.6 Å². The summed E-state index contributed by atoms with van der Waals surface area (Å²) in [7, 11) is 0. The van der Waals surface area contributed by atoms with Gasteiger partial charge in [-0.15, -0.1) is 0 Å². The zero-order chi connectivity index (χ0) is 16.0. The minimum Gasteiger partial charge on any atom is -0.462 e. The third kappa shape index (κ3) is 5.98. The highest BCUT2D eigenvalue weighted by molar-refractivity contribution is 6.03. The Kier molecular flexibility index (Phi) is 5.94. The molecule has 4 heteroatoms. The first-order valence-electron chi connectivity index (χ1n) is 7.14. The third-order valence-corrected chi connectivity index (χ3v) is 2.55. The fraction of sp³-hybridized carbons (Fsp3) is 0.529. The molecule has 0 aliphatic heterocycles. The van der Waals surface area contributed by atoms with E-state index in [0.29, 0.717) is 13.2 Å². The molecule has 1 aromatic carbocycles. The van der Waals surface area contributed by atoms with E-state index in [2.05, 4.69) is 0 Å². The van der Waals surface area contributed by atoms with Gasteiger partial charge in [-0.2, -0.15) is 0 Å². The van der Waals surface area contributed by atoms with Crippen molar-refractivity contribution >= 4 is 11.9 Å². The largest absolute Gasteiger partial charge is 0.462 e. The van der Waals surface area contributed by atoms with Gasteiger partial charge in [0.1, 0.15) is 0 Å². The molecule has 0 unspecified atom stereocenters. The van der Waals surface area contributed by atoms with Gasteiger partial charge in [-0.1, -0.05) is 46.8 Å². The highest BCUT2D eigenvalue weighted by Gasteiger charge is 2.21. The molecule has 0 aliphatic carbocycles. The number of carbonyl (C=O) groups excluding carboxylic acids is 2. The van der Waals surface area contributed by atoms with Crippen LogP contribution in [-0.4, -0.2) is 25.2 Å². The second kappa shape index (κ2) is 7.25. The van der Waals surface area contributed by atoms with E-state index in [9.17, 15) is 9.59 Å². The van der Waals surface area contributed by atoms with E-state index >= 15 is 0 Å². The van der Waals surface area contributed by atoms with Gasteiger partial charge in [-0.25, -0.2) is 9.59 Å². The summed E-state index contributed by atoms with van der Waals surface area (Å²) >= 11 is 0. The van der Waals surface area contributed by atoms with Crippen molar-refractivity contribution in [3.63, 3.8) is 0 Å². The molecule has 0 amide bonds. The maximum Gasteiger partial charge on any atom is 0.339 e. The minimum atomic E-state index is -0.498. The summed E-state index contributed by atoms with van der Waals surface area (Å²) in [6, 6.07) is 6.56. The van der Waals surface area contributed by atoms with Gasteiger partial charge in [0.15, 0.2) is 0 Å². The van der Waals surface area contributed by atoms with Crippen molar-refractivity contribution in [3.8, 4) is 0 Å². The average Bonchev–Trinajstić information content (AvgIpc) is 2.41. The third-order valence-electron chi connectivity index (χ3n) is 2.55. The van der Waals surface area contributed by atoms with Crippen LogP contribution in [0.5, 0.6) is 0 Å². The summed E-state index contributed by atoms with van der Waals surface area (Å²) < 4.78 is 10.4. The molecule has 1 rings (SSSR count). The summed E-state index contributed by atoms with van der Waals surface area (Å²) in [5.41, 5.74) is 0.371. The Morgan fingerprint density at radius 3 is 1.90 bits per heavy atom. The highest BCUT2D eigenvalue weighted by Crippen LogP contribution is 2.17. The van der Waals surface area contributed by atoms with Crippen LogP contribution in [0.1, 0.15) is 55.3 Å². The summed E-state index contributed by atoms with van der Waals surface area (Å²) in [6.45, 7) is 10.5. The van der Waals surface area contributed by atoms with Gasteiger partial charge < -0.3 is 9.47 Å².